The number of carbonyl (C=O) groups is 1. The van der Waals surface area contributed by atoms with E-state index in [0.717, 1.165) is 42.1 Å². The van der Waals surface area contributed by atoms with Crippen molar-refractivity contribution in [2.75, 3.05) is 6.54 Å². The average Bonchev–Trinajstić information content (AvgIpc) is 2.91. The second-order valence-electron chi connectivity index (χ2n) is 6.07. The topological polar surface area (TPSA) is 55.1 Å². The third kappa shape index (κ3) is 2.88. The van der Waals surface area contributed by atoms with Crippen molar-refractivity contribution in [3.63, 3.8) is 0 Å². The van der Waals surface area contributed by atoms with E-state index in [9.17, 15) is 4.79 Å². The lowest BCUT2D eigenvalue weighted by molar-refractivity contribution is -0.123. The zero-order valence-corrected chi connectivity index (χ0v) is 13.2. The highest BCUT2D eigenvalue weighted by Gasteiger charge is 2.53. The van der Waals surface area contributed by atoms with Crippen LogP contribution in [0.4, 0.5) is 0 Å². The quantitative estimate of drug-likeness (QED) is 0.887. The monoisotopic (exact) mass is 304 g/mol. The number of aromatic nitrogens is 1. The number of amides is 1. The summed E-state index contributed by atoms with van der Waals surface area (Å²) in [4.78, 5) is 13.5. The molecular weight excluding hydrogens is 284 g/mol. The summed E-state index contributed by atoms with van der Waals surface area (Å²) in [5.41, 5.74) is 0.323. The normalized spacial score (nSPS) is 16.1. The van der Waals surface area contributed by atoms with E-state index in [1.165, 1.54) is 0 Å². The van der Waals surface area contributed by atoms with Crippen LogP contribution in [-0.2, 0) is 10.2 Å². The molecule has 1 aliphatic carbocycles. The molecule has 0 saturated heterocycles. The molecule has 5 heteroatoms. The molecule has 1 N–H and O–H groups in total. The summed E-state index contributed by atoms with van der Waals surface area (Å²) >= 11 is 1.61. The van der Waals surface area contributed by atoms with Crippen LogP contribution in [0.3, 0.4) is 0 Å². The summed E-state index contributed by atoms with van der Waals surface area (Å²) < 4.78 is 5.41. The predicted molar refractivity (Wildman–Crippen MR) is 83.2 cm³/mol. The Morgan fingerprint density at radius 3 is 2.95 bits per heavy atom. The van der Waals surface area contributed by atoms with Crippen molar-refractivity contribution < 1.29 is 9.32 Å². The Morgan fingerprint density at radius 1 is 1.52 bits per heavy atom. The first kappa shape index (κ1) is 14.3. The highest BCUT2D eigenvalue weighted by Crippen LogP contribution is 2.48. The second-order valence-corrected chi connectivity index (χ2v) is 7.02. The molecule has 1 saturated carbocycles. The van der Waals surface area contributed by atoms with Gasteiger partial charge in [0.15, 0.2) is 5.76 Å². The van der Waals surface area contributed by atoms with Crippen LogP contribution in [0.25, 0.3) is 10.6 Å². The van der Waals surface area contributed by atoms with Gasteiger partial charge in [-0.15, -0.1) is 11.3 Å². The van der Waals surface area contributed by atoms with Crippen LogP contribution in [-0.4, -0.2) is 17.6 Å². The molecule has 4 nitrogen and oxygen atoms in total. The Kier molecular flexibility index (Phi) is 3.85. The van der Waals surface area contributed by atoms with Gasteiger partial charge in [0.2, 0.25) is 5.91 Å². The fourth-order valence-corrected chi connectivity index (χ4v) is 3.08. The number of carbonyl (C=O) groups excluding carboxylic acids is 1. The largest absolute Gasteiger partial charge is 0.355 e. The highest BCUT2D eigenvalue weighted by molar-refractivity contribution is 7.13. The molecule has 0 spiro atoms. The molecule has 0 radical (unpaired) electrons. The highest BCUT2D eigenvalue weighted by atomic mass is 32.1. The van der Waals surface area contributed by atoms with Crippen molar-refractivity contribution in [2.45, 2.75) is 38.5 Å². The van der Waals surface area contributed by atoms with Crippen molar-refractivity contribution in [2.24, 2.45) is 5.92 Å². The molecule has 0 aromatic carbocycles. The molecule has 112 valence electrons. The van der Waals surface area contributed by atoms with Crippen LogP contribution in [0.1, 0.15) is 38.8 Å². The maximum Gasteiger partial charge on any atom is 0.232 e. The zero-order chi connectivity index (χ0) is 14.9. The third-order valence-corrected chi connectivity index (χ3v) is 4.84. The number of hydrogen-bond donors (Lipinski definition) is 1. The third-order valence-electron chi connectivity index (χ3n) is 3.96. The summed E-state index contributed by atoms with van der Waals surface area (Å²) in [6.45, 7) is 5.04. The number of rotatable bonds is 6. The zero-order valence-electron chi connectivity index (χ0n) is 12.4. The van der Waals surface area contributed by atoms with E-state index in [-0.39, 0.29) is 5.91 Å². The molecule has 3 rings (SSSR count). The van der Waals surface area contributed by atoms with E-state index >= 15 is 0 Å². The van der Waals surface area contributed by atoms with Gasteiger partial charge in [-0.2, -0.15) is 0 Å². The lowest BCUT2D eigenvalue weighted by Crippen LogP contribution is -2.35. The molecule has 1 amide bonds. The van der Waals surface area contributed by atoms with E-state index in [2.05, 4.69) is 24.3 Å². The lowest BCUT2D eigenvalue weighted by atomic mass is 10.0. The Morgan fingerprint density at radius 2 is 2.33 bits per heavy atom. The predicted octanol–water partition coefficient (Wildman–Crippen LogP) is 3.60. The van der Waals surface area contributed by atoms with Crippen molar-refractivity contribution >= 4 is 17.2 Å². The first-order chi connectivity index (χ1) is 10.1. The molecule has 0 atom stereocenters. The van der Waals surface area contributed by atoms with Gasteiger partial charge in [0.05, 0.1) is 16.0 Å². The minimum Gasteiger partial charge on any atom is -0.355 e. The fourth-order valence-electron chi connectivity index (χ4n) is 2.40. The SMILES string of the molecule is CC(C)CCNC(=O)C1(c2cc(-c3cccs3)on2)CC1. The van der Waals surface area contributed by atoms with Gasteiger partial charge in [0.1, 0.15) is 0 Å². The molecule has 21 heavy (non-hydrogen) atoms. The van der Waals surface area contributed by atoms with E-state index in [4.69, 9.17) is 4.52 Å². The van der Waals surface area contributed by atoms with Gasteiger partial charge in [-0.25, -0.2) is 0 Å². The minimum absolute atomic E-state index is 0.0918. The summed E-state index contributed by atoms with van der Waals surface area (Å²) in [5.74, 6) is 1.44. The van der Waals surface area contributed by atoms with Gasteiger partial charge in [-0.3, -0.25) is 4.79 Å². The van der Waals surface area contributed by atoms with Gasteiger partial charge < -0.3 is 9.84 Å². The first-order valence-electron chi connectivity index (χ1n) is 7.41. The Hall–Kier alpha value is -1.62. The Labute approximate surface area is 128 Å². The molecule has 2 heterocycles. The van der Waals surface area contributed by atoms with E-state index in [0.29, 0.717) is 5.92 Å². The van der Waals surface area contributed by atoms with E-state index in [1.54, 1.807) is 11.3 Å². The summed E-state index contributed by atoms with van der Waals surface area (Å²) in [5, 5.41) is 9.19. The van der Waals surface area contributed by atoms with Gasteiger partial charge in [0.25, 0.3) is 0 Å². The molecule has 1 aliphatic rings. The molecule has 0 bridgehead atoms. The number of thiophene rings is 1. The van der Waals surface area contributed by atoms with Crippen molar-refractivity contribution in [3.8, 4) is 10.6 Å². The van der Waals surface area contributed by atoms with Gasteiger partial charge in [-0.1, -0.05) is 25.1 Å². The molecule has 1 fully saturated rings. The summed E-state index contributed by atoms with van der Waals surface area (Å²) in [6, 6.07) is 5.89. The maximum atomic E-state index is 12.4. The molecular formula is C16H20N2O2S. The molecule has 2 aromatic rings. The van der Waals surface area contributed by atoms with Crippen LogP contribution in [0.5, 0.6) is 0 Å². The van der Waals surface area contributed by atoms with Crippen LogP contribution in [0.2, 0.25) is 0 Å². The summed E-state index contributed by atoms with van der Waals surface area (Å²) in [6.07, 6.45) is 2.72. The summed E-state index contributed by atoms with van der Waals surface area (Å²) in [7, 11) is 0. The minimum atomic E-state index is -0.448. The second kappa shape index (κ2) is 5.64. The number of nitrogens with one attached hydrogen (secondary N) is 1. The molecule has 0 aliphatic heterocycles. The molecule has 0 unspecified atom stereocenters. The van der Waals surface area contributed by atoms with Crippen LogP contribution >= 0.6 is 11.3 Å². The average molecular weight is 304 g/mol. The van der Waals surface area contributed by atoms with E-state index in [1.807, 2.05) is 23.6 Å². The number of nitrogens with zero attached hydrogens (tertiary/aromatic N) is 1. The van der Waals surface area contributed by atoms with Crippen molar-refractivity contribution in [1.29, 1.82) is 0 Å². The maximum absolute atomic E-state index is 12.4. The first-order valence-corrected chi connectivity index (χ1v) is 8.29. The fraction of sp³-hybridized carbons (Fsp3) is 0.500. The Bertz CT molecular complexity index is 612. The van der Waals surface area contributed by atoms with E-state index < -0.39 is 5.41 Å². The van der Waals surface area contributed by atoms with Crippen LogP contribution in [0, 0.1) is 5.92 Å². The van der Waals surface area contributed by atoms with Crippen molar-refractivity contribution in [1.82, 2.24) is 10.5 Å². The van der Waals surface area contributed by atoms with Crippen molar-refractivity contribution in [3.05, 3.63) is 29.3 Å². The lowest BCUT2D eigenvalue weighted by Gasteiger charge is -2.13. The standard InChI is InChI=1S/C16H20N2O2S/c1-11(2)5-8-17-15(19)16(6-7-16)14-10-12(20-18-14)13-4-3-9-21-13/h3-4,9-11H,5-8H2,1-2H3,(H,17,19). The Balaban J connectivity index is 1.69. The van der Waals surface area contributed by atoms with Gasteiger partial charge >= 0.3 is 0 Å². The van der Waals surface area contributed by atoms with Crippen LogP contribution < -0.4 is 5.32 Å². The number of hydrogen-bond acceptors (Lipinski definition) is 4. The van der Waals surface area contributed by atoms with Crippen LogP contribution in [0.15, 0.2) is 28.1 Å². The van der Waals surface area contributed by atoms with Gasteiger partial charge in [-0.05, 0) is 36.6 Å². The smallest absolute Gasteiger partial charge is 0.232 e. The van der Waals surface area contributed by atoms with Gasteiger partial charge in [0, 0.05) is 12.6 Å². The molecule has 2 aromatic heterocycles.